The quantitative estimate of drug-likeness (QED) is 0.532. The predicted octanol–water partition coefficient (Wildman–Crippen LogP) is 2.04. The number of anilines is 1. The van der Waals surface area contributed by atoms with Crippen LogP contribution >= 0.6 is 11.8 Å². The van der Waals surface area contributed by atoms with Gasteiger partial charge in [0.05, 0.1) is 11.6 Å². The highest BCUT2D eigenvalue weighted by Crippen LogP contribution is 2.29. The van der Waals surface area contributed by atoms with Crippen LogP contribution in [0.15, 0.2) is 11.2 Å². The molecule has 0 saturated heterocycles. The average Bonchev–Trinajstić information content (AvgIpc) is 2.85. The lowest BCUT2D eigenvalue weighted by Gasteiger charge is -2.10. The highest BCUT2D eigenvalue weighted by molar-refractivity contribution is 8.00. The number of aromatic nitrogens is 4. The van der Waals surface area contributed by atoms with Crippen LogP contribution in [-0.2, 0) is 0 Å². The summed E-state index contributed by atoms with van der Waals surface area (Å²) in [5.41, 5.74) is 0.743. The van der Waals surface area contributed by atoms with Crippen molar-refractivity contribution in [3.8, 4) is 0 Å². The molecule has 2 aromatic heterocycles. The van der Waals surface area contributed by atoms with E-state index in [1.165, 1.54) is 0 Å². The molecule has 0 aliphatic carbocycles. The molecule has 0 radical (unpaired) electrons. The number of aliphatic hydroxyl groups is 1. The lowest BCUT2D eigenvalue weighted by molar-refractivity contribution is 0.289. The van der Waals surface area contributed by atoms with E-state index < -0.39 is 0 Å². The zero-order valence-corrected chi connectivity index (χ0v) is 12.0. The van der Waals surface area contributed by atoms with Crippen molar-refractivity contribution >= 4 is 28.7 Å². The third-order valence-corrected chi connectivity index (χ3v) is 3.83. The van der Waals surface area contributed by atoms with Gasteiger partial charge in [0.15, 0.2) is 5.65 Å². The second-order valence-electron chi connectivity index (χ2n) is 4.35. The first-order valence-corrected chi connectivity index (χ1v) is 7.35. The van der Waals surface area contributed by atoms with Crippen LogP contribution in [0.5, 0.6) is 0 Å². The molecule has 0 spiro atoms. The highest BCUT2D eigenvalue weighted by Gasteiger charge is 2.13. The summed E-state index contributed by atoms with van der Waals surface area (Å²) in [6.07, 6.45) is 3.51. The molecule has 0 aromatic carbocycles. The van der Waals surface area contributed by atoms with Gasteiger partial charge in [-0.15, -0.1) is 11.8 Å². The second kappa shape index (κ2) is 6.72. The van der Waals surface area contributed by atoms with Crippen LogP contribution < -0.4 is 5.32 Å². The lowest BCUT2D eigenvalue weighted by atomic mass is 10.3. The Morgan fingerprint density at radius 3 is 3.05 bits per heavy atom. The molecule has 2 heterocycles. The van der Waals surface area contributed by atoms with Crippen molar-refractivity contribution in [3.05, 3.63) is 6.20 Å². The largest absolute Gasteiger partial charge is 0.396 e. The van der Waals surface area contributed by atoms with E-state index in [1.807, 2.05) is 0 Å². The van der Waals surface area contributed by atoms with Gasteiger partial charge in [-0.25, -0.2) is 4.98 Å². The molecule has 7 heteroatoms. The SMILES string of the molecule is CCCNc1nc(SC(C)CCO)c2cn[nH]c2n1. The summed E-state index contributed by atoms with van der Waals surface area (Å²) < 4.78 is 0. The van der Waals surface area contributed by atoms with Crippen LogP contribution in [0.25, 0.3) is 11.0 Å². The molecule has 19 heavy (non-hydrogen) atoms. The van der Waals surface area contributed by atoms with Crippen LogP contribution in [0.4, 0.5) is 5.95 Å². The molecule has 2 aromatic rings. The van der Waals surface area contributed by atoms with Crippen LogP contribution in [0.1, 0.15) is 26.7 Å². The summed E-state index contributed by atoms with van der Waals surface area (Å²) in [5, 5.41) is 21.2. The monoisotopic (exact) mass is 281 g/mol. The van der Waals surface area contributed by atoms with E-state index in [4.69, 9.17) is 5.11 Å². The molecule has 104 valence electrons. The van der Waals surface area contributed by atoms with Gasteiger partial charge in [-0.3, -0.25) is 5.10 Å². The van der Waals surface area contributed by atoms with E-state index >= 15 is 0 Å². The number of thioether (sulfide) groups is 1. The number of hydrogen-bond donors (Lipinski definition) is 3. The van der Waals surface area contributed by atoms with Crippen LogP contribution in [0.2, 0.25) is 0 Å². The fourth-order valence-electron chi connectivity index (χ4n) is 1.65. The number of aromatic amines is 1. The normalized spacial score (nSPS) is 12.8. The number of rotatable bonds is 7. The summed E-state index contributed by atoms with van der Waals surface area (Å²) >= 11 is 1.64. The average molecular weight is 281 g/mol. The number of hydrogen-bond acceptors (Lipinski definition) is 6. The zero-order chi connectivity index (χ0) is 13.7. The summed E-state index contributed by atoms with van der Waals surface area (Å²) in [4.78, 5) is 8.92. The number of H-pyrrole nitrogens is 1. The van der Waals surface area contributed by atoms with E-state index in [0.29, 0.717) is 11.2 Å². The standard InChI is InChI=1S/C12H19N5OS/c1-3-5-13-12-15-10-9(7-14-17-10)11(16-12)19-8(2)4-6-18/h7-8,18H,3-6H2,1-2H3,(H2,13,14,15,16,17). The molecule has 6 nitrogen and oxygen atoms in total. The fourth-order valence-corrected chi connectivity index (χ4v) is 2.67. The molecule has 3 N–H and O–H groups in total. The smallest absolute Gasteiger partial charge is 0.225 e. The molecule has 0 aliphatic rings. The van der Waals surface area contributed by atoms with Gasteiger partial charge in [-0.1, -0.05) is 13.8 Å². The van der Waals surface area contributed by atoms with E-state index in [9.17, 15) is 0 Å². The van der Waals surface area contributed by atoms with Crippen LogP contribution in [0, 0.1) is 0 Å². The Kier molecular flexibility index (Phi) is 4.98. The van der Waals surface area contributed by atoms with Crippen molar-refractivity contribution in [3.63, 3.8) is 0 Å². The van der Waals surface area contributed by atoms with E-state index in [2.05, 4.69) is 39.3 Å². The summed E-state index contributed by atoms with van der Waals surface area (Å²) in [7, 11) is 0. The minimum absolute atomic E-state index is 0.189. The Balaban J connectivity index is 2.25. The molecule has 0 fully saturated rings. The first kappa shape index (κ1) is 14.1. The number of aliphatic hydroxyl groups excluding tert-OH is 1. The molecule has 2 rings (SSSR count). The maximum absolute atomic E-state index is 8.98. The van der Waals surface area contributed by atoms with Crippen molar-refractivity contribution in [2.45, 2.75) is 37.0 Å². The Morgan fingerprint density at radius 2 is 2.32 bits per heavy atom. The number of nitrogens with one attached hydrogen (secondary N) is 2. The highest BCUT2D eigenvalue weighted by atomic mass is 32.2. The van der Waals surface area contributed by atoms with Crippen molar-refractivity contribution in [2.75, 3.05) is 18.5 Å². The van der Waals surface area contributed by atoms with Gasteiger partial charge in [0.2, 0.25) is 5.95 Å². The van der Waals surface area contributed by atoms with Gasteiger partial charge < -0.3 is 10.4 Å². The van der Waals surface area contributed by atoms with Crippen molar-refractivity contribution < 1.29 is 5.11 Å². The zero-order valence-electron chi connectivity index (χ0n) is 11.2. The van der Waals surface area contributed by atoms with E-state index in [0.717, 1.165) is 35.4 Å². The third kappa shape index (κ3) is 3.57. The molecular formula is C12H19N5OS. The van der Waals surface area contributed by atoms with Gasteiger partial charge in [0.1, 0.15) is 5.03 Å². The van der Waals surface area contributed by atoms with Crippen LogP contribution in [0.3, 0.4) is 0 Å². The van der Waals surface area contributed by atoms with Gasteiger partial charge in [0, 0.05) is 18.4 Å². The second-order valence-corrected chi connectivity index (χ2v) is 5.78. The molecule has 0 aliphatic heterocycles. The first-order valence-electron chi connectivity index (χ1n) is 6.47. The van der Waals surface area contributed by atoms with E-state index in [1.54, 1.807) is 18.0 Å². The molecule has 0 bridgehead atoms. The summed E-state index contributed by atoms with van der Waals surface area (Å²) in [6.45, 7) is 5.21. The third-order valence-electron chi connectivity index (χ3n) is 2.66. The van der Waals surface area contributed by atoms with E-state index in [-0.39, 0.29) is 6.61 Å². The minimum atomic E-state index is 0.189. The van der Waals surface area contributed by atoms with Gasteiger partial charge in [0.25, 0.3) is 0 Å². The summed E-state index contributed by atoms with van der Waals surface area (Å²) in [6, 6.07) is 0. The molecule has 0 saturated carbocycles. The Morgan fingerprint density at radius 1 is 1.47 bits per heavy atom. The number of nitrogens with zero attached hydrogens (tertiary/aromatic N) is 3. The molecular weight excluding hydrogens is 262 g/mol. The fraction of sp³-hybridized carbons (Fsp3) is 0.583. The maximum Gasteiger partial charge on any atom is 0.225 e. The minimum Gasteiger partial charge on any atom is -0.396 e. The first-order chi connectivity index (χ1) is 9.24. The topological polar surface area (TPSA) is 86.7 Å². The van der Waals surface area contributed by atoms with Crippen LogP contribution in [-0.4, -0.2) is 43.7 Å². The van der Waals surface area contributed by atoms with Crippen molar-refractivity contribution in [1.29, 1.82) is 0 Å². The Bertz CT molecular complexity index is 530. The van der Waals surface area contributed by atoms with Crippen molar-refractivity contribution in [1.82, 2.24) is 20.2 Å². The Labute approximate surface area is 116 Å². The molecule has 0 amide bonds. The van der Waals surface area contributed by atoms with Gasteiger partial charge >= 0.3 is 0 Å². The maximum atomic E-state index is 8.98. The molecule has 1 atom stereocenters. The Hall–Kier alpha value is -1.34. The molecule has 1 unspecified atom stereocenters. The predicted molar refractivity (Wildman–Crippen MR) is 77.5 cm³/mol. The van der Waals surface area contributed by atoms with Gasteiger partial charge in [-0.2, -0.15) is 10.1 Å². The van der Waals surface area contributed by atoms with Gasteiger partial charge in [-0.05, 0) is 12.8 Å². The summed E-state index contributed by atoms with van der Waals surface area (Å²) in [5.74, 6) is 0.622. The lowest BCUT2D eigenvalue weighted by Crippen LogP contribution is -2.06. The van der Waals surface area contributed by atoms with Crippen molar-refractivity contribution in [2.24, 2.45) is 0 Å². The number of fused-ring (bicyclic) bond motifs is 1.